The Morgan fingerprint density at radius 2 is 2.19 bits per heavy atom. The van der Waals surface area contributed by atoms with E-state index in [9.17, 15) is 4.79 Å². The van der Waals surface area contributed by atoms with Crippen LogP contribution in [0.15, 0.2) is 12.3 Å². The van der Waals surface area contributed by atoms with Gasteiger partial charge in [0.25, 0.3) is 0 Å². The van der Waals surface area contributed by atoms with Crippen LogP contribution in [0, 0.1) is 3.57 Å². The summed E-state index contributed by atoms with van der Waals surface area (Å²) in [5.74, 6) is 0.302. The van der Waals surface area contributed by atoms with Crippen molar-refractivity contribution in [3.8, 4) is 0 Å². The van der Waals surface area contributed by atoms with Crippen molar-refractivity contribution in [2.75, 3.05) is 5.32 Å². The van der Waals surface area contributed by atoms with Gasteiger partial charge in [-0.25, -0.2) is 9.78 Å². The van der Waals surface area contributed by atoms with Crippen molar-refractivity contribution in [3.63, 3.8) is 0 Å². The Hall–Kier alpha value is -0.560. The van der Waals surface area contributed by atoms with Crippen LogP contribution in [-0.2, 0) is 4.74 Å². The molecule has 0 fully saturated rings. The number of ether oxygens (including phenoxy) is 1. The SMILES string of the molecule is CC(C)(C)OC(=O)Nc1ncc(I)cc1Cl. The Kier molecular flexibility index (Phi) is 4.37. The van der Waals surface area contributed by atoms with E-state index in [0.717, 1.165) is 3.57 Å². The Balaban J connectivity index is 2.70. The third-order valence-electron chi connectivity index (χ3n) is 1.43. The molecule has 0 spiro atoms. The third-order valence-corrected chi connectivity index (χ3v) is 2.31. The lowest BCUT2D eigenvalue weighted by Gasteiger charge is -2.19. The molecule has 1 N–H and O–H groups in total. The Morgan fingerprint density at radius 3 is 2.69 bits per heavy atom. The van der Waals surface area contributed by atoms with Gasteiger partial charge in [0.1, 0.15) is 5.60 Å². The van der Waals surface area contributed by atoms with Crippen LogP contribution in [-0.4, -0.2) is 16.7 Å². The number of aromatic nitrogens is 1. The second-order valence-electron chi connectivity index (χ2n) is 4.11. The van der Waals surface area contributed by atoms with Gasteiger partial charge in [-0.15, -0.1) is 0 Å². The molecule has 0 unspecified atom stereocenters. The summed E-state index contributed by atoms with van der Waals surface area (Å²) in [7, 11) is 0. The number of nitrogens with zero attached hydrogens (tertiary/aromatic N) is 1. The molecule has 16 heavy (non-hydrogen) atoms. The minimum Gasteiger partial charge on any atom is -0.444 e. The predicted octanol–water partition coefficient (Wildman–Crippen LogP) is 3.69. The molecular weight excluding hydrogens is 342 g/mol. The van der Waals surface area contributed by atoms with E-state index in [1.165, 1.54) is 0 Å². The molecule has 0 radical (unpaired) electrons. The minimum absolute atomic E-state index is 0.302. The lowest BCUT2D eigenvalue weighted by molar-refractivity contribution is 0.0635. The fourth-order valence-electron chi connectivity index (χ4n) is 0.907. The first kappa shape index (κ1) is 13.5. The van der Waals surface area contributed by atoms with Gasteiger partial charge in [-0.2, -0.15) is 0 Å². The highest BCUT2D eigenvalue weighted by molar-refractivity contribution is 14.1. The first-order chi connectivity index (χ1) is 7.28. The van der Waals surface area contributed by atoms with E-state index in [1.807, 2.05) is 0 Å². The summed E-state index contributed by atoms with van der Waals surface area (Å²) in [6.45, 7) is 5.36. The van der Waals surface area contributed by atoms with Crippen molar-refractivity contribution in [3.05, 3.63) is 20.9 Å². The summed E-state index contributed by atoms with van der Waals surface area (Å²) in [5, 5.41) is 2.87. The number of nitrogens with one attached hydrogen (secondary N) is 1. The van der Waals surface area contributed by atoms with E-state index >= 15 is 0 Å². The molecule has 0 atom stereocenters. The van der Waals surface area contributed by atoms with E-state index in [1.54, 1.807) is 33.0 Å². The molecule has 1 aromatic rings. The van der Waals surface area contributed by atoms with E-state index in [0.29, 0.717) is 10.8 Å². The van der Waals surface area contributed by atoms with Gasteiger partial charge in [0.2, 0.25) is 0 Å². The van der Waals surface area contributed by atoms with Crippen LogP contribution in [0.3, 0.4) is 0 Å². The molecule has 1 aromatic heterocycles. The average molecular weight is 355 g/mol. The quantitative estimate of drug-likeness (QED) is 0.783. The van der Waals surface area contributed by atoms with Crippen molar-refractivity contribution in [1.29, 1.82) is 0 Å². The highest BCUT2D eigenvalue weighted by atomic mass is 127. The Bertz CT molecular complexity index is 404. The van der Waals surface area contributed by atoms with Gasteiger partial charge < -0.3 is 4.74 Å². The predicted molar refractivity (Wildman–Crippen MR) is 71.8 cm³/mol. The number of carbonyl (C=O) groups is 1. The largest absolute Gasteiger partial charge is 0.444 e. The number of pyridine rings is 1. The fraction of sp³-hybridized carbons (Fsp3) is 0.400. The van der Waals surface area contributed by atoms with Gasteiger partial charge in [0.15, 0.2) is 5.82 Å². The summed E-state index contributed by atoms with van der Waals surface area (Å²) in [6, 6.07) is 1.71. The van der Waals surface area contributed by atoms with E-state index in [2.05, 4.69) is 32.9 Å². The van der Waals surface area contributed by atoms with Gasteiger partial charge in [-0.05, 0) is 49.4 Å². The number of hydrogen-bond acceptors (Lipinski definition) is 3. The number of halogens is 2. The van der Waals surface area contributed by atoms with E-state index < -0.39 is 11.7 Å². The van der Waals surface area contributed by atoms with Crippen molar-refractivity contribution in [2.45, 2.75) is 26.4 Å². The normalized spacial score (nSPS) is 11.1. The third kappa shape index (κ3) is 4.52. The summed E-state index contributed by atoms with van der Waals surface area (Å²) in [6.07, 6.45) is 1.04. The zero-order chi connectivity index (χ0) is 12.3. The number of anilines is 1. The van der Waals surface area contributed by atoms with Crippen LogP contribution >= 0.6 is 34.2 Å². The summed E-state index contributed by atoms with van der Waals surface area (Å²) in [4.78, 5) is 15.4. The summed E-state index contributed by atoms with van der Waals surface area (Å²) < 4.78 is 5.98. The van der Waals surface area contributed by atoms with Crippen LogP contribution in [0.25, 0.3) is 0 Å². The highest BCUT2D eigenvalue weighted by Crippen LogP contribution is 2.21. The maximum atomic E-state index is 11.4. The van der Waals surface area contributed by atoms with Gasteiger partial charge in [-0.3, -0.25) is 5.32 Å². The van der Waals surface area contributed by atoms with Crippen LogP contribution in [0.2, 0.25) is 5.02 Å². The molecule has 88 valence electrons. The molecule has 0 aliphatic carbocycles. The zero-order valence-electron chi connectivity index (χ0n) is 9.17. The smallest absolute Gasteiger partial charge is 0.413 e. The van der Waals surface area contributed by atoms with Crippen LogP contribution < -0.4 is 5.32 Å². The average Bonchev–Trinajstić information content (AvgIpc) is 2.06. The maximum absolute atomic E-state index is 11.4. The number of rotatable bonds is 1. The van der Waals surface area contributed by atoms with Gasteiger partial charge in [-0.1, -0.05) is 11.6 Å². The second kappa shape index (κ2) is 5.18. The molecule has 6 heteroatoms. The van der Waals surface area contributed by atoms with E-state index in [-0.39, 0.29) is 0 Å². The lowest BCUT2D eigenvalue weighted by Crippen LogP contribution is -2.27. The van der Waals surface area contributed by atoms with Gasteiger partial charge in [0, 0.05) is 9.77 Å². The lowest BCUT2D eigenvalue weighted by atomic mass is 10.2. The van der Waals surface area contributed by atoms with Crippen LogP contribution in [0.5, 0.6) is 0 Å². The van der Waals surface area contributed by atoms with Crippen molar-refractivity contribution in [2.24, 2.45) is 0 Å². The van der Waals surface area contributed by atoms with Crippen molar-refractivity contribution < 1.29 is 9.53 Å². The first-order valence-corrected chi connectivity index (χ1v) is 6.04. The van der Waals surface area contributed by atoms with E-state index in [4.69, 9.17) is 16.3 Å². The second-order valence-corrected chi connectivity index (χ2v) is 5.76. The summed E-state index contributed by atoms with van der Waals surface area (Å²) >= 11 is 7.99. The van der Waals surface area contributed by atoms with Crippen molar-refractivity contribution in [1.82, 2.24) is 4.98 Å². The Morgan fingerprint density at radius 1 is 1.56 bits per heavy atom. The fourth-order valence-corrected chi connectivity index (χ4v) is 1.76. The minimum atomic E-state index is -0.567. The molecule has 0 aliphatic heterocycles. The maximum Gasteiger partial charge on any atom is 0.413 e. The molecule has 4 nitrogen and oxygen atoms in total. The topological polar surface area (TPSA) is 51.2 Å². The molecule has 0 aliphatic rings. The molecule has 0 saturated heterocycles. The Labute approximate surface area is 113 Å². The first-order valence-electron chi connectivity index (χ1n) is 4.59. The number of hydrogen-bond donors (Lipinski definition) is 1. The monoisotopic (exact) mass is 354 g/mol. The molecule has 1 amide bonds. The molecule has 0 bridgehead atoms. The zero-order valence-corrected chi connectivity index (χ0v) is 12.1. The summed E-state index contributed by atoms with van der Waals surface area (Å²) in [5.41, 5.74) is -0.542. The van der Waals surface area contributed by atoms with Gasteiger partial charge >= 0.3 is 6.09 Å². The van der Waals surface area contributed by atoms with Gasteiger partial charge in [0.05, 0.1) is 5.02 Å². The van der Waals surface area contributed by atoms with Crippen molar-refractivity contribution >= 4 is 46.1 Å². The van der Waals surface area contributed by atoms with Crippen LogP contribution in [0.1, 0.15) is 20.8 Å². The van der Waals surface area contributed by atoms with Crippen LogP contribution in [0.4, 0.5) is 10.6 Å². The molecular formula is C10H12ClIN2O2. The molecule has 0 saturated carbocycles. The highest BCUT2D eigenvalue weighted by Gasteiger charge is 2.17. The standard InChI is InChI=1S/C10H12ClIN2O2/c1-10(2,3)16-9(15)14-8-7(11)4-6(12)5-13-8/h4-5H,1-3H3,(H,13,14,15). The number of amides is 1. The molecule has 0 aromatic carbocycles. The molecule has 1 heterocycles. The number of carbonyl (C=O) groups excluding carboxylic acids is 1. The molecule has 1 rings (SSSR count).